The first kappa shape index (κ1) is 11.4. The van der Waals surface area contributed by atoms with Gasteiger partial charge in [0.05, 0.1) is 12.6 Å². The van der Waals surface area contributed by atoms with Gasteiger partial charge in [-0.25, -0.2) is 0 Å². The molecule has 1 aromatic rings. The van der Waals surface area contributed by atoms with Crippen molar-refractivity contribution in [3.63, 3.8) is 0 Å². The van der Waals surface area contributed by atoms with Crippen molar-refractivity contribution in [2.75, 3.05) is 24.6 Å². The van der Waals surface area contributed by atoms with E-state index in [4.69, 9.17) is 10.8 Å². The minimum atomic E-state index is -0.257. The Balaban J connectivity index is 2.21. The van der Waals surface area contributed by atoms with Crippen molar-refractivity contribution >= 4 is 5.69 Å². The van der Waals surface area contributed by atoms with Crippen molar-refractivity contribution in [3.8, 4) is 0 Å². The smallest absolute Gasteiger partial charge is 0.0624 e. The van der Waals surface area contributed by atoms with Gasteiger partial charge in [-0.15, -0.1) is 0 Å². The lowest BCUT2D eigenvalue weighted by Gasteiger charge is -2.20. The van der Waals surface area contributed by atoms with Gasteiger partial charge in [0.15, 0.2) is 0 Å². The Morgan fingerprint density at radius 2 is 2.06 bits per heavy atom. The van der Waals surface area contributed by atoms with Crippen molar-refractivity contribution in [1.82, 2.24) is 0 Å². The number of benzene rings is 1. The molecule has 1 atom stereocenters. The van der Waals surface area contributed by atoms with Crippen LogP contribution < -0.4 is 10.6 Å². The summed E-state index contributed by atoms with van der Waals surface area (Å²) in [6.07, 6.45) is 2.58. The van der Waals surface area contributed by atoms with Crippen molar-refractivity contribution in [2.24, 2.45) is 5.73 Å². The lowest BCUT2D eigenvalue weighted by atomic mass is 10.0. The van der Waals surface area contributed by atoms with Crippen LogP contribution >= 0.6 is 0 Å². The topological polar surface area (TPSA) is 49.5 Å². The minimum Gasteiger partial charge on any atom is -0.394 e. The van der Waals surface area contributed by atoms with Crippen molar-refractivity contribution in [1.29, 1.82) is 0 Å². The third-order valence-corrected chi connectivity index (χ3v) is 3.32. The van der Waals surface area contributed by atoms with Crippen LogP contribution in [0.5, 0.6) is 0 Å². The third-order valence-electron chi connectivity index (χ3n) is 3.32. The summed E-state index contributed by atoms with van der Waals surface area (Å²) in [5.41, 5.74) is 9.34. The lowest BCUT2D eigenvalue weighted by Crippen LogP contribution is -2.19. The van der Waals surface area contributed by atoms with Crippen molar-refractivity contribution in [2.45, 2.75) is 25.8 Å². The Kier molecular flexibility index (Phi) is 3.46. The second-order valence-corrected chi connectivity index (χ2v) is 4.52. The maximum Gasteiger partial charge on any atom is 0.0624 e. The molecule has 1 aliphatic rings. The van der Waals surface area contributed by atoms with Crippen LogP contribution in [0.25, 0.3) is 0 Å². The molecule has 16 heavy (non-hydrogen) atoms. The van der Waals surface area contributed by atoms with E-state index in [-0.39, 0.29) is 12.6 Å². The number of nitrogens with zero attached hydrogens (tertiary/aromatic N) is 1. The molecule has 2 rings (SSSR count). The Bertz CT molecular complexity index is 359. The predicted molar refractivity (Wildman–Crippen MR) is 66.6 cm³/mol. The van der Waals surface area contributed by atoms with Crippen LogP contribution in [0, 0.1) is 6.92 Å². The van der Waals surface area contributed by atoms with E-state index in [1.165, 1.54) is 24.1 Å². The molecule has 0 amide bonds. The fourth-order valence-electron chi connectivity index (χ4n) is 2.35. The van der Waals surface area contributed by atoms with Crippen LogP contribution in [-0.4, -0.2) is 24.8 Å². The third kappa shape index (κ3) is 2.20. The van der Waals surface area contributed by atoms with Crippen LogP contribution in [0.4, 0.5) is 5.69 Å². The lowest BCUT2D eigenvalue weighted by molar-refractivity contribution is 0.267. The molecule has 1 fully saturated rings. The molecule has 1 aliphatic heterocycles. The summed E-state index contributed by atoms with van der Waals surface area (Å²) in [5, 5.41) is 9.06. The number of hydrogen-bond donors (Lipinski definition) is 2. The zero-order chi connectivity index (χ0) is 11.5. The Morgan fingerprint density at radius 1 is 1.38 bits per heavy atom. The van der Waals surface area contributed by atoms with Gasteiger partial charge in [0.1, 0.15) is 0 Å². The van der Waals surface area contributed by atoms with Gasteiger partial charge in [-0.2, -0.15) is 0 Å². The molecular weight excluding hydrogens is 200 g/mol. The van der Waals surface area contributed by atoms with Gasteiger partial charge in [0.25, 0.3) is 0 Å². The number of rotatable bonds is 3. The predicted octanol–water partition coefficient (Wildman–Crippen LogP) is 1.59. The summed E-state index contributed by atoms with van der Waals surface area (Å²) in [6.45, 7) is 4.38. The van der Waals surface area contributed by atoms with Crippen LogP contribution in [0.15, 0.2) is 18.2 Å². The van der Waals surface area contributed by atoms with Crippen molar-refractivity contribution in [3.05, 3.63) is 29.3 Å². The molecule has 3 heteroatoms. The first-order valence-electron chi connectivity index (χ1n) is 5.94. The average molecular weight is 220 g/mol. The van der Waals surface area contributed by atoms with Gasteiger partial charge in [0.2, 0.25) is 0 Å². The fraction of sp³-hybridized carbons (Fsp3) is 0.538. The Labute approximate surface area is 96.9 Å². The SMILES string of the molecule is Cc1cc(N2CCCC2)ccc1[C@@H](N)CO. The Hall–Kier alpha value is -1.06. The summed E-state index contributed by atoms with van der Waals surface area (Å²) in [7, 11) is 0. The number of aliphatic hydroxyl groups excluding tert-OH is 1. The van der Waals surface area contributed by atoms with E-state index >= 15 is 0 Å². The highest BCUT2D eigenvalue weighted by Crippen LogP contribution is 2.25. The first-order chi connectivity index (χ1) is 7.72. The number of aliphatic hydroxyl groups is 1. The van der Waals surface area contributed by atoms with Crippen LogP contribution in [0.1, 0.15) is 30.0 Å². The average Bonchev–Trinajstić information content (AvgIpc) is 2.81. The first-order valence-corrected chi connectivity index (χ1v) is 5.94. The zero-order valence-corrected chi connectivity index (χ0v) is 9.82. The largest absolute Gasteiger partial charge is 0.394 e. The molecule has 1 heterocycles. The van der Waals surface area contributed by atoms with E-state index < -0.39 is 0 Å². The Morgan fingerprint density at radius 3 is 2.62 bits per heavy atom. The van der Waals surface area contributed by atoms with Crippen molar-refractivity contribution < 1.29 is 5.11 Å². The molecule has 1 aromatic carbocycles. The molecule has 0 saturated carbocycles. The quantitative estimate of drug-likeness (QED) is 0.813. The van der Waals surface area contributed by atoms with E-state index in [2.05, 4.69) is 24.0 Å². The summed E-state index contributed by atoms with van der Waals surface area (Å²) >= 11 is 0. The molecule has 0 unspecified atom stereocenters. The molecule has 0 bridgehead atoms. The van der Waals surface area contributed by atoms with E-state index in [1.807, 2.05) is 6.07 Å². The standard InChI is InChI=1S/C13H20N2O/c1-10-8-11(15-6-2-3-7-15)4-5-12(10)13(14)9-16/h4-5,8,13,16H,2-3,6-7,9,14H2,1H3/t13-/m0/s1. The highest BCUT2D eigenvalue weighted by Gasteiger charge is 2.14. The molecule has 0 spiro atoms. The van der Waals surface area contributed by atoms with Crippen LogP contribution in [0.2, 0.25) is 0 Å². The van der Waals surface area contributed by atoms with Crippen LogP contribution in [-0.2, 0) is 0 Å². The van der Waals surface area contributed by atoms with Gasteiger partial charge in [-0.1, -0.05) is 6.07 Å². The summed E-state index contributed by atoms with van der Waals surface area (Å²) in [4.78, 5) is 2.40. The fourth-order valence-corrected chi connectivity index (χ4v) is 2.35. The monoisotopic (exact) mass is 220 g/mol. The highest BCUT2D eigenvalue weighted by molar-refractivity contribution is 5.52. The van der Waals surface area contributed by atoms with E-state index in [1.54, 1.807) is 0 Å². The van der Waals surface area contributed by atoms with E-state index in [0.717, 1.165) is 18.7 Å². The van der Waals surface area contributed by atoms with Gasteiger partial charge >= 0.3 is 0 Å². The number of nitrogens with two attached hydrogens (primary N) is 1. The second-order valence-electron chi connectivity index (χ2n) is 4.52. The zero-order valence-electron chi connectivity index (χ0n) is 9.82. The van der Waals surface area contributed by atoms with E-state index in [9.17, 15) is 0 Å². The minimum absolute atomic E-state index is 0.00387. The number of aryl methyl sites for hydroxylation is 1. The second kappa shape index (κ2) is 4.85. The molecule has 0 radical (unpaired) electrons. The maximum atomic E-state index is 9.06. The molecule has 0 aromatic heterocycles. The molecule has 3 nitrogen and oxygen atoms in total. The molecule has 1 saturated heterocycles. The van der Waals surface area contributed by atoms with Gasteiger partial charge < -0.3 is 15.7 Å². The summed E-state index contributed by atoms with van der Waals surface area (Å²) in [5.74, 6) is 0. The normalized spacial score (nSPS) is 17.8. The van der Waals surface area contributed by atoms with Gasteiger partial charge in [0, 0.05) is 18.8 Å². The molecule has 3 N–H and O–H groups in total. The summed E-state index contributed by atoms with van der Waals surface area (Å²) in [6, 6.07) is 6.08. The van der Waals surface area contributed by atoms with Gasteiger partial charge in [-0.3, -0.25) is 0 Å². The number of anilines is 1. The summed E-state index contributed by atoms with van der Waals surface area (Å²) < 4.78 is 0. The number of hydrogen-bond acceptors (Lipinski definition) is 3. The van der Waals surface area contributed by atoms with Gasteiger partial charge in [-0.05, 0) is 43.0 Å². The molecule has 88 valence electrons. The highest BCUT2D eigenvalue weighted by atomic mass is 16.3. The molecular formula is C13H20N2O. The maximum absolute atomic E-state index is 9.06. The van der Waals surface area contributed by atoms with E-state index in [0.29, 0.717) is 0 Å². The van der Waals surface area contributed by atoms with Crippen LogP contribution in [0.3, 0.4) is 0 Å². The molecule has 0 aliphatic carbocycles.